The third-order valence-corrected chi connectivity index (χ3v) is 4.77. The van der Waals surface area contributed by atoms with Crippen molar-refractivity contribution in [3.8, 4) is 0 Å². The summed E-state index contributed by atoms with van der Waals surface area (Å²) in [5, 5.41) is 23.5. The second-order valence-electron chi connectivity index (χ2n) is 6.26. The molecule has 0 fully saturated rings. The number of amides is 1. The van der Waals surface area contributed by atoms with E-state index < -0.39 is 13.1 Å². The first-order valence-corrected chi connectivity index (χ1v) is 8.68. The predicted molar refractivity (Wildman–Crippen MR) is 102 cm³/mol. The van der Waals surface area contributed by atoms with Crippen molar-refractivity contribution < 1.29 is 19.3 Å². The first kappa shape index (κ1) is 18.5. The van der Waals surface area contributed by atoms with Crippen LogP contribution in [-0.2, 0) is 17.6 Å². The molecule has 26 heavy (non-hydrogen) atoms. The van der Waals surface area contributed by atoms with Crippen LogP contribution in [0.2, 0.25) is 5.02 Å². The summed E-state index contributed by atoms with van der Waals surface area (Å²) in [6.45, 7) is 1.86. The highest BCUT2D eigenvalue weighted by Crippen LogP contribution is 2.29. The van der Waals surface area contributed by atoms with Crippen LogP contribution >= 0.6 is 11.6 Å². The van der Waals surface area contributed by atoms with E-state index in [1.54, 1.807) is 12.3 Å². The fourth-order valence-electron chi connectivity index (χ4n) is 2.93. The van der Waals surface area contributed by atoms with Gasteiger partial charge in [-0.05, 0) is 36.6 Å². The molecule has 3 aromatic rings. The van der Waals surface area contributed by atoms with Gasteiger partial charge in [-0.15, -0.1) is 0 Å². The van der Waals surface area contributed by atoms with Gasteiger partial charge >= 0.3 is 7.12 Å². The Labute approximate surface area is 156 Å². The largest absolute Gasteiger partial charge is 0.475 e. The lowest BCUT2D eigenvalue weighted by molar-refractivity contribution is -0.120. The Kier molecular flexibility index (Phi) is 5.66. The van der Waals surface area contributed by atoms with Crippen LogP contribution in [0.15, 0.2) is 53.1 Å². The molecule has 0 spiro atoms. The topological polar surface area (TPSA) is 82.7 Å². The average molecular weight is 372 g/mol. The van der Waals surface area contributed by atoms with E-state index in [0.29, 0.717) is 10.6 Å². The lowest BCUT2D eigenvalue weighted by atomic mass is 9.75. The summed E-state index contributed by atoms with van der Waals surface area (Å²) >= 11 is 6.10. The normalized spacial score (nSPS) is 12.2. The minimum absolute atomic E-state index is 0.172. The highest BCUT2D eigenvalue weighted by Gasteiger charge is 2.27. The van der Waals surface area contributed by atoms with Crippen molar-refractivity contribution in [3.05, 3.63) is 70.4 Å². The van der Waals surface area contributed by atoms with Crippen LogP contribution in [0.1, 0.15) is 16.7 Å². The molecule has 0 bridgehead atoms. The van der Waals surface area contributed by atoms with Crippen molar-refractivity contribution in [2.45, 2.75) is 25.7 Å². The number of carbonyl (C=O) groups excluding carboxylic acids is 1. The number of aryl methyl sites for hydroxylation is 1. The molecule has 1 heterocycles. The SMILES string of the molecule is Cc1c(Cl)ccc2c(CC(NC(=O)Cc3ccccc3)B(O)O)coc12. The lowest BCUT2D eigenvalue weighted by Crippen LogP contribution is -2.48. The molecular formula is C19H19BClNO4. The number of fused-ring (bicyclic) bond motifs is 1. The minimum atomic E-state index is -1.69. The summed E-state index contributed by atoms with van der Waals surface area (Å²) in [6.07, 6.45) is 1.96. The third-order valence-electron chi connectivity index (χ3n) is 4.36. The maximum atomic E-state index is 12.2. The fraction of sp³-hybridized carbons (Fsp3) is 0.211. The van der Waals surface area contributed by atoms with Gasteiger partial charge in [-0.25, -0.2) is 0 Å². The zero-order valence-electron chi connectivity index (χ0n) is 14.3. The summed E-state index contributed by atoms with van der Waals surface area (Å²) < 4.78 is 5.58. The number of carbonyl (C=O) groups is 1. The Morgan fingerprint density at radius 3 is 2.65 bits per heavy atom. The summed E-state index contributed by atoms with van der Waals surface area (Å²) in [5.41, 5.74) is 3.12. The van der Waals surface area contributed by atoms with Crippen molar-refractivity contribution in [1.29, 1.82) is 0 Å². The molecule has 0 aliphatic heterocycles. The molecule has 7 heteroatoms. The van der Waals surface area contributed by atoms with Gasteiger partial charge in [-0.2, -0.15) is 0 Å². The number of rotatable bonds is 6. The van der Waals surface area contributed by atoms with Gasteiger partial charge < -0.3 is 19.8 Å². The van der Waals surface area contributed by atoms with Crippen LogP contribution in [0.25, 0.3) is 11.0 Å². The highest BCUT2D eigenvalue weighted by molar-refractivity contribution is 6.43. The van der Waals surface area contributed by atoms with Gasteiger partial charge in [0.05, 0.1) is 18.6 Å². The second-order valence-corrected chi connectivity index (χ2v) is 6.67. The average Bonchev–Trinajstić information content (AvgIpc) is 3.02. The molecule has 0 aliphatic carbocycles. The summed E-state index contributed by atoms with van der Waals surface area (Å²) in [6, 6.07) is 12.9. The van der Waals surface area contributed by atoms with Gasteiger partial charge in [0.25, 0.3) is 0 Å². The van der Waals surface area contributed by atoms with E-state index in [1.807, 2.05) is 43.3 Å². The zero-order valence-corrected chi connectivity index (χ0v) is 15.0. The Bertz CT molecular complexity index is 911. The molecule has 0 saturated heterocycles. The second kappa shape index (κ2) is 7.95. The lowest BCUT2D eigenvalue weighted by Gasteiger charge is -2.17. The van der Waals surface area contributed by atoms with Gasteiger partial charge in [0.1, 0.15) is 5.58 Å². The fourth-order valence-corrected chi connectivity index (χ4v) is 3.08. The van der Waals surface area contributed by atoms with Crippen molar-refractivity contribution in [3.63, 3.8) is 0 Å². The van der Waals surface area contributed by atoms with E-state index in [0.717, 1.165) is 22.1 Å². The van der Waals surface area contributed by atoms with Crippen LogP contribution in [-0.4, -0.2) is 29.0 Å². The van der Waals surface area contributed by atoms with Gasteiger partial charge in [-0.3, -0.25) is 4.79 Å². The molecule has 0 saturated carbocycles. The maximum Gasteiger partial charge on any atom is 0.475 e. The van der Waals surface area contributed by atoms with Crippen LogP contribution in [0.5, 0.6) is 0 Å². The zero-order chi connectivity index (χ0) is 18.7. The third kappa shape index (κ3) is 4.10. The van der Waals surface area contributed by atoms with Crippen molar-refractivity contribution in [2.24, 2.45) is 0 Å². The number of halogens is 1. The Morgan fingerprint density at radius 1 is 1.23 bits per heavy atom. The van der Waals surface area contributed by atoms with Crippen molar-refractivity contribution in [1.82, 2.24) is 5.32 Å². The van der Waals surface area contributed by atoms with Crippen molar-refractivity contribution in [2.75, 3.05) is 0 Å². The minimum Gasteiger partial charge on any atom is -0.464 e. The van der Waals surface area contributed by atoms with Crippen molar-refractivity contribution >= 4 is 35.6 Å². The van der Waals surface area contributed by atoms with Gasteiger partial charge in [-0.1, -0.05) is 41.9 Å². The van der Waals surface area contributed by atoms with Crippen LogP contribution in [0.3, 0.4) is 0 Å². The van der Waals surface area contributed by atoms with E-state index in [1.165, 1.54) is 0 Å². The molecule has 134 valence electrons. The summed E-state index contributed by atoms with van der Waals surface area (Å²) in [7, 11) is -1.69. The Hall–Kier alpha value is -2.28. The molecule has 1 unspecified atom stereocenters. The van der Waals surface area contributed by atoms with E-state index in [9.17, 15) is 14.8 Å². The monoisotopic (exact) mass is 371 g/mol. The van der Waals surface area contributed by atoms with E-state index in [4.69, 9.17) is 16.0 Å². The number of hydrogen-bond donors (Lipinski definition) is 3. The van der Waals surface area contributed by atoms with E-state index in [2.05, 4.69) is 5.32 Å². The number of nitrogens with one attached hydrogen (secondary N) is 1. The molecule has 1 aromatic heterocycles. The first-order valence-electron chi connectivity index (χ1n) is 8.30. The summed E-state index contributed by atoms with van der Waals surface area (Å²) in [5.74, 6) is -1.12. The first-order chi connectivity index (χ1) is 12.5. The van der Waals surface area contributed by atoms with Crippen LogP contribution in [0, 0.1) is 6.92 Å². The molecule has 2 aromatic carbocycles. The van der Waals surface area contributed by atoms with E-state index in [-0.39, 0.29) is 18.7 Å². The Morgan fingerprint density at radius 2 is 1.96 bits per heavy atom. The molecule has 0 aliphatic rings. The molecule has 3 N–H and O–H groups in total. The highest BCUT2D eigenvalue weighted by atomic mass is 35.5. The molecule has 1 amide bonds. The molecule has 1 atom stereocenters. The summed E-state index contributed by atoms with van der Waals surface area (Å²) in [4.78, 5) is 12.2. The number of furan rings is 1. The van der Waals surface area contributed by atoms with Gasteiger partial charge in [0.15, 0.2) is 0 Å². The smallest absolute Gasteiger partial charge is 0.464 e. The molecule has 3 rings (SSSR count). The quantitative estimate of drug-likeness (QED) is 0.582. The standard InChI is InChI=1S/C19H19BClNO4/c1-12-16(21)8-7-15-14(11-26-19(12)15)10-17(20(24)25)22-18(23)9-13-5-3-2-4-6-13/h2-8,11,17,24-25H,9-10H2,1H3,(H,22,23). The predicted octanol–water partition coefficient (Wildman–Crippen LogP) is 2.68. The molecular weight excluding hydrogens is 352 g/mol. The van der Waals surface area contributed by atoms with Gasteiger partial charge in [0, 0.05) is 16.0 Å². The van der Waals surface area contributed by atoms with Gasteiger partial charge in [0.2, 0.25) is 5.91 Å². The van der Waals surface area contributed by atoms with Crippen LogP contribution < -0.4 is 5.32 Å². The molecule has 5 nitrogen and oxygen atoms in total. The van der Waals surface area contributed by atoms with Crippen LogP contribution in [0.4, 0.5) is 0 Å². The number of benzene rings is 2. The number of hydrogen-bond acceptors (Lipinski definition) is 4. The maximum absolute atomic E-state index is 12.2. The van der Waals surface area contributed by atoms with E-state index >= 15 is 0 Å². The molecule has 0 radical (unpaired) electrons. The Balaban J connectivity index is 1.75.